The Balaban J connectivity index is 1.62. The fraction of sp³-hybridized carbons (Fsp3) is 0.375. The fourth-order valence-corrected chi connectivity index (χ4v) is 2.38. The molecule has 0 saturated heterocycles. The van der Waals surface area contributed by atoms with E-state index in [1.807, 2.05) is 0 Å². The van der Waals surface area contributed by atoms with E-state index in [0.29, 0.717) is 36.0 Å². The van der Waals surface area contributed by atoms with Gasteiger partial charge in [0.2, 0.25) is 5.91 Å². The summed E-state index contributed by atoms with van der Waals surface area (Å²) in [6.45, 7) is 0.850. The van der Waals surface area contributed by atoms with Crippen LogP contribution in [-0.4, -0.2) is 24.9 Å². The number of hydrogen-bond acceptors (Lipinski definition) is 2. The summed E-state index contributed by atoms with van der Waals surface area (Å²) in [5.74, 6) is 0.237. The molecule has 0 radical (unpaired) electrons. The molecule has 1 unspecified atom stereocenters. The van der Waals surface area contributed by atoms with Gasteiger partial charge in [0.25, 0.3) is 5.91 Å². The predicted octanol–water partition coefficient (Wildman–Crippen LogP) is 2.54. The van der Waals surface area contributed by atoms with Gasteiger partial charge in [-0.25, -0.2) is 0 Å². The Labute approximate surface area is 129 Å². The minimum absolute atomic E-state index is 0.0345. The van der Waals surface area contributed by atoms with Gasteiger partial charge in [-0.1, -0.05) is 23.8 Å². The van der Waals surface area contributed by atoms with Gasteiger partial charge in [0.15, 0.2) is 0 Å². The number of benzene rings is 1. The number of carbonyl (C=O) groups excluding carboxylic acids is 2. The van der Waals surface area contributed by atoms with Crippen LogP contribution in [0.3, 0.4) is 0 Å². The molecule has 2 amide bonds. The fourth-order valence-electron chi connectivity index (χ4n) is 2.26. The van der Waals surface area contributed by atoms with Gasteiger partial charge >= 0.3 is 0 Å². The summed E-state index contributed by atoms with van der Waals surface area (Å²) in [7, 11) is 0. The van der Waals surface area contributed by atoms with E-state index in [1.165, 1.54) is 0 Å². The lowest BCUT2D eigenvalue weighted by Gasteiger charge is -2.09. The molecular formula is C16H19ClN2O2. The average Bonchev–Trinajstić information content (AvgIpc) is 2.97. The first-order valence-electron chi connectivity index (χ1n) is 7.12. The molecule has 5 heteroatoms. The van der Waals surface area contributed by atoms with E-state index in [2.05, 4.69) is 22.8 Å². The van der Waals surface area contributed by atoms with Crippen LogP contribution >= 0.6 is 11.6 Å². The van der Waals surface area contributed by atoms with E-state index < -0.39 is 0 Å². The summed E-state index contributed by atoms with van der Waals surface area (Å²) in [5, 5.41) is 6.17. The summed E-state index contributed by atoms with van der Waals surface area (Å²) < 4.78 is 0. The number of hydrogen-bond donors (Lipinski definition) is 2. The lowest BCUT2D eigenvalue weighted by atomic mass is 10.1. The van der Waals surface area contributed by atoms with Gasteiger partial charge in [-0.05, 0) is 43.0 Å². The maximum Gasteiger partial charge on any atom is 0.251 e. The third-order valence-corrected chi connectivity index (χ3v) is 3.65. The molecule has 21 heavy (non-hydrogen) atoms. The lowest BCUT2D eigenvalue weighted by Crippen LogP contribution is -2.35. The van der Waals surface area contributed by atoms with Gasteiger partial charge in [-0.15, -0.1) is 0 Å². The van der Waals surface area contributed by atoms with Crippen LogP contribution in [0.25, 0.3) is 0 Å². The van der Waals surface area contributed by atoms with Crippen LogP contribution in [0, 0.1) is 5.92 Å². The molecule has 1 aromatic carbocycles. The summed E-state index contributed by atoms with van der Waals surface area (Å²) >= 11 is 5.76. The Morgan fingerprint density at radius 3 is 2.52 bits per heavy atom. The summed E-state index contributed by atoms with van der Waals surface area (Å²) in [6.07, 6.45) is 6.86. The second-order valence-corrected chi connectivity index (χ2v) is 5.52. The number of carbonyl (C=O) groups is 2. The van der Waals surface area contributed by atoms with Gasteiger partial charge < -0.3 is 10.6 Å². The van der Waals surface area contributed by atoms with E-state index in [1.54, 1.807) is 24.3 Å². The number of rotatable bonds is 6. The summed E-state index contributed by atoms with van der Waals surface area (Å²) in [4.78, 5) is 23.5. The molecule has 0 saturated carbocycles. The van der Waals surface area contributed by atoms with Crippen molar-refractivity contribution in [2.75, 3.05) is 13.1 Å². The lowest BCUT2D eigenvalue weighted by molar-refractivity contribution is -0.121. The zero-order valence-electron chi connectivity index (χ0n) is 11.8. The minimum atomic E-state index is -0.167. The third-order valence-electron chi connectivity index (χ3n) is 3.40. The molecule has 4 nitrogen and oxygen atoms in total. The quantitative estimate of drug-likeness (QED) is 0.627. The highest BCUT2D eigenvalue weighted by Gasteiger charge is 2.13. The first kappa shape index (κ1) is 15.6. The molecule has 0 spiro atoms. The van der Waals surface area contributed by atoms with Crippen molar-refractivity contribution in [2.24, 2.45) is 5.92 Å². The molecule has 112 valence electrons. The number of nitrogens with one attached hydrogen (secondary N) is 2. The van der Waals surface area contributed by atoms with Crippen molar-refractivity contribution in [3.63, 3.8) is 0 Å². The number of allylic oxidation sites excluding steroid dienone is 2. The highest BCUT2D eigenvalue weighted by atomic mass is 35.5. The van der Waals surface area contributed by atoms with Crippen LogP contribution in [0.1, 0.15) is 29.6 Å². The monoisotopic (exact) mass is 306 g/mol. The zero-order valence-corrected chi connectivity index (χ0v) is 12.5. The molecule has 1 atom stereocenters. The zero-order chi connectivity index (χ0) is 15.1. The van der Waals surface area contributed by atoms with Gasteiger partial charge in [-0.3, -0.25) is 9.59 Å². The second-order valence-electron chi connectivity index (χ2n) is 5.08. The predicted molar refractivity (Wildman–Crippen MR) is 83.3 cm³/mol. The molecule has 1 aliphatic rings. The Kier molecular flexibility index (Phi) is 5.81. The Bertz CT molecular complexity index is 526. The topological polar surface area (TPSA) is 58.2 Å². The third kappa shape index (κ3) is 5.23. The van der Waals surface area contributed by atoms with E-state index in [-0.39, 0.29) is 11.8 Å². The van der Waals surface area contributed by atoms with E-state index >= 15 is 0 Å². The van der Waals surface area contributed by atoms with Crippen LogP contribution in [0.4, 0.5) is 0 Å². The summed E-state index contributed by atoms with van der Waals surface area (Å²) in [6, 6.07) is 6.69. The largest absolute Gasteiger partial charge is 0.354 e. The summed E-state index contributed by atoms with van der Waals surface area (Å²) in [5.41, 5.74) is 0.557. The van der Waals surface area contributed by atoms with Crippen LogP contribution < -0.4 is 10.6 Å². The van der Waals surface area contributed by atoms with Gasteiger partial charge in [0.05, 0.1) is 0 Å². The standard InChI is InChI=1S/C16H19ClN2O2/c17-14-7-5-13(6-8-14)16(21)19-10-9-18-15(20)11-12-3-1-2-4-12/h1,3,5-8,12H,2,4,9-11H2,(H,18,20)(H,19,21). The average molecular weight is 307 g/mol. The molecule has 1 aliphatic carbocycles. The van der Waals surface area contributed by atoms with Crippen LogP contribution in [0.15, 0.2) is 36.4 Å². The smallest absolute Gasteiger partial charge is 0.251 e. The molecular weight excluding hydrogens is 288 g/mol. The maximum atomic E-state index is 11.8. The van der Waals surface area contributed by atoms with E-state index in [9.17, 15) is 9.59 Å². The van der Waals surface area contributed by atoms with Crippen molar-refractivity contribution in [3.05, 3.63) is 47.0 Å². The van der Waals surface area contributed by atoms with Crippen molar-refractivity contribution < 1.29 is 9.59 Å². The minimum Gasteiger partial charge on any atom is -0.354 e. The first-order chi connectivity index (χ1) is 10.1. The van der Waals surface area contributed by atoms with Crippen molar-refractivity contribution in [1.29, 1.82) is 0 Å². The van der Waals surface area contributed by atoms with Crippen LogP contribution in [0.5, 0.6) is 0 Å². The van der Waals surface area contributed by atoms with Gasteiger partial charge in [0.1, 0.15) is 0 Å². The highest BCUT2D eigenvalue weighted by molar-refractivity contribution is 6.30. The Hall–Kier alpha value is -1.81. The van der Waals surface area contributed by atoms with E-state index in [4.69, 9.17) is 11.6 Å². The molecule has 0 aliphatic heterocycles. The van der Waals surface area contributed by atoms with Crippen molar-refractivity contribution >= 4 is 23.4 Å². The first-order valence-corrected chi connectivity index (χ1v) is 7.50. The SMILES string of the molecule is O=C(CC1C=CCC1)NCCNC(=O)c1ccc(Cl)cc1. The normalized spacial score (nSPS) is 16.7. The molecule has 0 aromatic heterocycles. The Morgan fingerprint density at radius 1 is 1.14 bits per heavy atom. The van der Waals surface area contributed by atoms with Crippen LogP contribution in [-0.2, 0) is 4.79 Å². The van der Waals surface area contributed by atoms with Gasteiger partial charge in [-0.2, -0.15) is 0 Å². The molecule has 2 rings (SSSR count). The molecule has 1 aromatic rings. The van der Waals surface area contributed by atoms with Crippen LogP contribution in [0.2, 0.25) is 5.02 Å². The van der Waals surface area contributed by atoms with Crippen molar-refractivity contribution in [3.8, 4) is 0 Å². The second kappa shape index (κ2) is 7.84. The van der Waals surface area contributed by atoms with E-state index in [0.717, 1.165) is 12.8 Å². The number of halogens is 1. The number of amides is 2. The van der Waals surface area contributed by atoms with Crippen molar-refractivity contribution in [1.82, 2.24) is 10.6 Å². The molecule has 0 fully saturated rings. The van der Waals surface area contributed by atoms with Gasteiger partial charge in [0, 0.05) is 30.1 Å². The maximum absolute atomic E-state index is 11.8. The molecule has 2 N–H and O–H groups in total. The molecule has 0 heterocycles. The Morgan fingerprint density at radius 2 is 1.86 bits per heavy atom. The van der Waals surface area contributed by atoms with Crippen molar-refractivity contribution in [2.45, 2.75) is 19.3 Å². The highest BCUT2D eigenvalue weighted by Crippen LogP contribution is 2.19. The molecule has 0 bridgehead atoms.